The number of halogens is 2. The second-order valence-electron chi connectivity index (χ2n) is 4.68. The lowest BCUT2D eigenvalue weighted by molar-refractivity contribution is 0.579. The van der Waals surface area contributed by atoms with Crippen LogP contribution in [0, 0.1) is 11.6 Å². The molecule has 1 aromatic heterocycles. The SMILES string of the molecule is CN=C(NCCc1cc(F)cc(F)c1)NCc1ncnn1C. The maximum absolute atomic E-state index is 13.1. The fraction of sp³-hybridized carbons (Fsp3) is 0.357. The summed E-state index contributed by atoms with van der Waals surface area (Å²) in [5.41, 5.74) is 0.591. The largest absolute Gasteiger partial charge is 0.356 e. The smallest absolute Gasteiger partial charge is 0.191 e. The fourth-order valence-corrected chi connectivity index (χ4v) is 1.94. The molecule has 0 aliphatic heterocycles. The second-order valence-corrected chi connectivity index (χ2v) is 4.68. The van der Waals surface area contributed by atoms with Crippen molar-refractivity contribution < 1.29 is 8.78 Å². The Morgan fingerprint density at radius 3 is 2.55 bits per heavy atom. The summed E-state index contributed by atoms with van der Waals surface area (Å²) in [6.45, 7) is 0.978. The number of rotatable bonds is 5. The van der Waals surface area contributed by atoms with Crippen LogP contribution in [0.25, 0.3) is 0 Å². The maximum Gasteiger partial charge on any atom is 0.191 e. The quantitative estimate of drug-likeness (QED) is 0.639. The number of aromatic nitrogens is 3. The first-order valence-corrected chi connectivity index (χ1v) is 6.81. The molecule has 0 atom stereocenters. The monoisotopic (exact) mass is 308 g/mol. The molecule has 0 unspecified atom stereocenters. The van der Waals surface area contributed by atoms with Gasteiger partial charge >= 0.3 is 0 Å². The molecule has 0 aliphatic rings. The first kappa shape index (κ1) is 15.9. The highest BCUT2D eigenvalue weighted by Crippen LogP contribution is 2.08. The molecule has 0 radical (unpaired) electrons. The maximum atomic E-state index is 13.1. The van der Waals surface area contributed by atoms with E-state index in [1.54, 1.807) is 18.8 Å². The number of benzene rings is 1. The van der Waals surface area contributed by atoms with Crippen molar-refractivity contribution in [3.05, 3.63) is 47.5 Å². The Bertz CT molecular complexity index is 632. The molecular formula is C14H18F2N6. The van der Waals surface area contributed by atoms with Crippen LogP contribution in [0.2, 0.25) is 0 Å². The topological polar surface area (TPSA) is 67.1 Å². The van der Waals surface area contributed by atoms with Gasteiger partial charge in [-0.05, 0) is 24.1 Å². The highest BCUT2D eigenvalue weighted by Gasteiger charge is 2.04. The van der Waals surface area contributed by atoms with Gasteiger partial charge in [-0.15, -0.1) is 0 Å². The van der Waals surface area contributed by atoms with Crippen molar-refractivity contribution >= 4 is 5.96 Å². The van der Waals surface area contributed by atoms with E-state index in [4.69, 9.17) is 0 Å². The van der Waals surface area contributed by atoms with Crippen molar-refractivity contribution in [3.63, 3.8) is 0 Å². The first-order chi connectivity index (χ1) is 10.6. The molecule has 0 saturated carbocycles. The minimum Gasteiger partial charge on any atom is -0.356 e. The van der Waals surface area contributed by atoms with Crippen molar-refractivity contribution in [1.82, 2.24) is 25.4 Å². The number of nitrogens with one attached hydrogen (secondary N) is 2. The highest BCUT2D eigenvalue weighted by atomic mass is 19.1. The Kier molecular flexibility index (Phi) is 5.40. The molecule has 1 aromatic carbocycles. The van der Waals surface area contributed by atoms with E-state index < -0.39 is 11.6 Å². The van der Waals surface area contributed by atoms with E-state index in [1.807, 2.05) is 0 Å². The van der Waals surface area contributed by atoms with Crippen LogP contribution in [0.1, 0.15) is 11.4 Å². The predicted octanol–water partition coefficient (Wildman–Crippen LogP) is 1.00. The standard InChI is InChI=1S/C14H18F2N6/c1-17-14(19-8-13-20-9-21-22(13)2)18-4-3-10-5-11(15)7-12(16)6-10/h5-7,9H,3-4,8H2,1-2H3,(H2,17,18,19). The number of hydrogen-bond acceptors (Lipinski definition) is 3. The van der Waals surface area contributed by atoms with Crippen molar-refractivity contribution in [2.45, 2.75) is 13.0 Å². The summed E-state index contributed by atoms with van der Waals surface area (Å²) >= 11 is 0. The Hall–Kier alpha value is -2.51. The molecule has 8 heteroatoms. The van der Waals surface area contributed by atoms with Gasteiger partial charge in [-0.1, -0.05) is 0 Å². The molecule has 0 saturated heterocycles. The van der Waals surface area contributed by atoms with E-state index in [0.717, 1.165) is 11.9 Å². The summed E-state index contributed by atoms with van der Waals surface area (Å²) in [7, 11) is 3.45. The third-order valence-corrected chi connectivity index (χ3v) is 3.07. The van der Waals surface area contributed by atoms with Crippen LogP contribution >= 0.6 is 0 Å². The van der Waals surface area contributed by atoms with Crippen LogP contribution in [0.3, 0.4) is 0 Å². The summed E-state index contributed by atoms with van der Waals surface area (Å²) in [6.07, 6.45) is 1.96. The van der Waals surface area contributed by atoms with Crippen molar-refractivity contribution in [3.8, 4) is 0 Å². The number of aryl methyl sites for hydroxylation is 1. The third-order valence-electron chi connectivity index (χ3n) is 3.07. The summed E-state index contributed by atoms with van der Waals surface area (Å²) in [5.74, 6) is 0.217. The molecule has 1 heterocycles. The Morgan fingerprint density at radius 2 is 1.95 bits per heavy atom. The van der Waals surface area contributed by atoms with Crippen LogP contribution in [-0.4, -0.2) is 34.3 Å². The third kappa shape index (κ3) is 4.51. The molecule has 0 bridgehead atoms. The van der Waals surface area contributed by atoms with Gasteiger partial charge in [-0.3, -0.25) is 9.67 Å². The van der Waals surface area contributed by atoms with Gasteiger partial charge in [-0.25, -0.2) is 13.8 Å². The summed E-state index contributed by atoms with van der Waals surface area (Å²) in [5, 5.41) is 10.1. The van der Waals surface area contributed by atoms with Crippen LogP contribution in [0.4, 0.5) is 8.78 Å². The number of nitrogens with zero attached hydrogens (tertiary/aromatic N) is 4. The lowest BCUT2D eigenvalue weighted by Gasteiger charge is -2.11. The molecule has 118 valence electrons. The van der Waals surface area contributed by atoms with Crippen molar-refractivity contribution in [1.29, 1.82) is 0 Å². The van der Waals surface area contributed by atoms with Crippen LogP contribution in [-0.2, 0) is 20.0 Å². The van der Waals surface area contributed by atoms with E-state index >= 15 is 0 Å². The highest BCUT2D eigenvalue weighted by molar-refractivity contribution is 5.79. The zero-order valence-electron chi connectivity index (χ0n) is 12.5. The predicted molar refractivity (Wildman–Crippen MR) is 79.3 cm³/mol. The molecule has 0 fully saturated rings. The van der Waals surface area contributed by atoms with E-state index in [9.17, 15) is 8.78 Å². The van der Waals surface area contributed by atoms with Gasteiger partial charge in [0.2, 0.25) is 0 Å². The van der Waals surface area contributed by atoms with Gasteiger partial charge in [-0.2, -0.15) is 5.10 Å². The van der Waals surface area contributed by atoms with E-state index in [1.165, 1.54) is 18.5 Å². The molecule has 2 aromatic rings. The summed E-state index contributed by atoms with van der Waals surface area (Å²) in [4.78, 5) is 8.16. The minimum absolute atomic E-state index is 0.477. The average molecular weight is 308 g/mol. The molecule has 22 heavy (non-hydrogen) atoms. The van der Waals surface area contributed by atoms with E-state index in [2.05, 4.69) is 25.7 Å². The minimum atomic E-state index is -0.570. The van der Waals surface area contributed by atoms with Gasteiger partial charge in [0, 0.05) is 26.7 Å². The van der Waals surface area contributed by atoms with Gasteiger partial charge in [0.1, 0.15) is 23.8 Å². The number of hydrogen-bond donors (Lipinski definition) is 2. The molecule has 2 N–H and O–H groups in total. The van der Waals surface area contributed by atoms with Gasteiger partial charge in [0.25, 0.3) is 0 Å². The van der Waals surface area contributed by atoms with E-state index in [-0.39, 0.29) is 0 Å². The summed E-state index contributed by atoms with van der Waals surface area (Å²) in [6, 6.07) is 3.50. The van der Waals surface area contributed by atoms with Gasteiger partial charge < -0.3 is 10.6 Å². The summed E-state index contributed by atoms with van der Waals surface area (Å²) < 4.78 is 27.8. The fourth-order valence-electron chi connectivity index (χ4n) is 1.94. The van der Waals surface area contributed by atoms with Crippen molar-refractivity contribution in [2.24, 2.45) is 12.0 Å². The molecule has 2 rings (SSSR count). The number of aliphatic imine (C=N–C) groups is 1. The van der Waals surface area contributed by atoms with Crippen LogP contribution < -0.4 is 10.6 Å². The van der Waals surface area contributed by atoms with Crippen LogP contribution in [0.15, 0.2) is 29.5 Å². The lowest BCUT2D eigenvalue weighted by atomic mass is 10.1. The normalized spacial score (nSPS) is 11.5. The lowest BCUT2D eigenvalue weighted by Crippen LogP contribution is -2.38. The molecule has 0 amide bonds. The molecule has 6 nitrogen and oxygen atoms in total. The zero-order chi connectivity index (χ0) is 15.9. The molecule has 0 aliphatic carbocycles. The van der Waals surface area contributed by atoms with Gasteiger partial charge in [0.05, 0.1) is 6.54 Å². The Labute approximate surface area is 127 Å². The average Bonchev–Trinajstić information content (AvgIpc) is 2.87. The number of guanidine groups is 1. The zero-order valence-corrected chi connectivity index (χ0v) is 12.5. The molecular weight excluding hydrogens is 290 g/mol. The van der Waals surface area contributed by atoms with Crippen LogP contribution in [0.5, 0.6) is 0 Å². The van der Waals surface area contributed by atoms with E-state index in [0.29, 0.717) is 31.0 Å². The first-order valence-electron chi connectivity index (χ1n) is 6.81. The second kappa shape index (κ2) is 7.48. The Morgan fingerprint density at radius 1 is 1.23 bits per heavy atom. The molecule has 0 spiro atoms. The Balaban J connectivity index is 1.80. The van der Waals surface area contributed by atoms with Crippen molar-refractivity contribution in [2.75, 3.05) is 13.6 Å². The van der Waals surface area contributed by atoms with Gasteiger partial charge in [0.15, 0.2) is 5.96 Å².